The lowest BCUT2D eigenvalue weighted by molar-refractivity contribution is 0.0983. The van der Waals surface area contributed by atoms with Crippen molar-refractivity contribution in [1.29, 1.82) is 0 Å². The van der Waals surface area contributed by atoms with Gasteiger partial charge in [-0.05, 0) is 69.3 Å². The Kier molecular flexibility index (Phi) is 6.23. The molecule has 6 nitrogen and oxygen atoms in total. The molecule has 0 unspecified atom stereocenters. The summed E-state index contributed by atoms with van der Waals surface area (Å²) in [6.07, 6.45) is 1.67. The van der Waals surface area contributed by atoms with E-state index in [9.17, 15) is 4.79 Å². The van der Waals surface area contributed by atoms with Gasteiger partial charge in [0.1, 0.15) is 22.8 Å². The number of aromatic nitrogens is 1. The molecule has 2 heterocycles. The highest BCUT2D eigenvalue weighted by Crippen LogP contribution is 2.35. The third-order valence-corrected chi connectivity index (χ3v) is 5.56. The molecule has 0 bridgehead atoms. The smallest absolute Gasteiger partial charge is 0.260 e. The summed E-state index contributed by atoms with van der Waals surface area (Å²) < 4.78 is 17.9. The van der Waals surface area contributed by atoms with E-state index in [2.05, 4.69) is 0 Å². The van der Waals surface area contributed by atoms with Gasteiger partial charge in [0.2, 0.25) is 0 Å². The molecule has 0 aliphatic heterocycles. The second kappa shape index (κ2) is 9.22. The SMILES string of the molecule is CCOc1cccc2sc(N(Cc3ccco3)C(=O)c3ccc(OC(C)C)cc3)nc12. The van der Waals surface area contributed by atoms with Crippen LogP contribution in [0.4, 0.5) is 5.13 Å². The van der Waals surface area contributed by atoms with Crippen LogP contribution in [0.5, 0.6) is 11.5 Å². The summed E-state index contributed by atoms with van der Waals surface area (Å²) in [4.78, 5) is 19.9. The maximum absolute atomic E-state index is 13.5. The Balaban J connectivity index is 1.70. The van der Waals surface area contributed by atoms with E-state index in [1.807, 2.05) is 63.2 Å². The number of anilines is 1. The fourth-order valence-corrected chi connectivity index (χ4v) is 4.17. The van der Waals surface area contributed by atoms with Crippen molar-refractivity contribution in [2.75, 3.05) is 11.5 Å². The molecule has 0 aliphatic carbocycles. The number of hydrogen-bond acceptors (Lipinski definition) is 6. The van der Waals surface area contributed by atoms with E-state index in [0.29, 0.717) is 28.8 Å². The van der Waals surface area contributed by atoms with E-state index >= 15 is 0 Å². The Hall–Kier alpha value is -3.32. The first-order chi connectivity index (χ1) is 15.0. The molecule has 31 heavy (non-hydrogen) atoms. The van der Waals surface area contributed by atoms with E-state index in [1.165, 1.54) is 11.3 Å². The summed E-state index contributed by atoms with van der Waals surface area (Å²) in [5.74, 6) is 1.95. The van der Waals surface area contributed by atoms with Crippen molar-refractivity contribution in [2.24, 2.45) is 0 Å². The molecule has 160 valence electrons. The minimum absolute atomic E-state index is 0.0688. The lowest BCUT2D eigenvalue weighted by Crippen LogP contribution is -2.30. The molecule has 4 aromatic rings. The molecule has 2 aromatic carbocycles. The van der Waals surface area contributed by atoms with Crippen LogP contribution in [0.3, 0.4) is 0 Å². The molecule has 4 rings (SSSR count). The zero-order valence-electron chi connectivity index (χ0n) is 17.7. The predicted octanol–water partition coefficient (Wildman–Crippen LogP) is 5.92. The number of para-hydroxylation sites is 1. The molecular weight excluding hydrogens is 412 g/mol. The van der Waals surface area contributed by atoms with Crippen molar-refractivity contribution in [1.82, 2.24) is 4.98 Å². The number of carbonyl (C=O) groups is 1. The van der Waals surface area contributed by atoms with Crippen LogP contribution in [0.25, 0.3) is 10.2 Å². The Labute approximate surface area is 185 Å². The van der Waals surface area contributed by atoms with Gasteiger partial charge in [-0.25, -0.2) is 4.98 Å². The first kappa shape index (κ1) is 20.9. The molecule has 0 saturated carbocycles. The summed E-state index contributed by atoms with van der Waals surface area (Å²) >= 11 is 1.45. The molecular formula is C24H24N2O4S. The average Bonchev–Trinajstić information content (AvgIpc) is 3.42. The van der Waals surface area contributed by atoms with Gasteiger partial charge in [-0.3, -0.25) is 9.69 Å². The van der Waals surface area contributed by atoms with E-state index in [0.717, 1.165) is 16.0 Å². The Morgan fingerprint density at radius 2 is 1.94 bits per heavy atom. The van der Waals surface area contributed by atoms with Crippen molar-refractivity contribution < 1.29 is 18.7 Å². The molecule has 7 heteroatoms. The maximum atomic E-state index is 13.5. The molecule has 0 spiro atoms. The molecule has 1 amide bonds. The number of amides is 1. The van der Waals surface area contributed by atoms with Crippen LogP contribution in [-0.2, 0) is 6.54 Å². The zero-order chi connectivity index (χ0) is 21.8. The summed E-state index contributed by atoms with van der Waals surface area (Å²) in [5, 5.41) is 0.589. The van der Waals surface area contributed by atoms with Crippen LogP contribution in [0.2, 0.25) is 0 Å². The van der Waals surface area contributed by atoms with Crippen LogP contribution in [0, 0.1) is 0 Å². The van der Waals surface area contributed by atoms with Crippen LogP contribution in [-0.4, -0.2) is 23.6 Å². The minimum atomic E-state index is -0.162. The lowest BCUT2D eigenvalue weighted by atomic mass is 10.2. The number of nitrogens with zero attached hydrogens (tertiary/aromatic N) is 2. The first-order valence-corrected chi connectivity index (χ1v) is 11.0. The second-order valence-corrected chi connectivity index (χ2v) is 8.20. The fourth-order valence-electron chi connectivity index (χ4n) is 3.19. The number of hydrogen-bond donors (Lipinski definition) is 0. The Morgan fingerprint density at radius 3 is 2.61 bits per heavy atom. The average molecular weight is 437 g/mol. The van der Waals surface area contributed by atoms with Crippen LogP contribution in [0.15, 0.2) is 65.3 Å². The van der Waals surface area contributed by atoms with Gasteiger partial charge in [0, 0.05) is 5.56 Å². The van der Waals surface area contributed by atoms with Crippen molar-refractivity contribution in [3.05, 3.63) is 72.2 Å². The quantitative estimate of drug-likeness (QED) is 0.343. The Bertz CT molecular complexity index is 1150. The van der Waals surface area contributed by atoms with Gasteiger partial charge in [-0.15, -0.1) is 0 Å². The van der Waals surface area contributed by atoms with Crippen LogP contribution < -0.4 is 14.4 Å². The van der Waals surface area contributed by atoms with E-state index in [1.54, 1.807) is 23.3 Å². The summed E-state index contributed by atoms with van der Waals surface area (Å²) in [6.45, 7) is 6.69. The van der Waals surface area contributed by atoms with Gasteiger partial charge in [0.15, 0.2) is 5.13 Å². The number of furan rings is 1. The van der Waals surface area contributed by atoms with E-state index in [-0.39, 0.29) is 18.6 Å². The largest absolute Gasteiger partial charge is 0.492 e. The topological polar surface area (TPSA) is 64.8 Å². The van der Waals surface area contributed by atoms with Gasteiger partial charge in [-0.1, -0.05) is 17.4 Å². The molecule has 2 aromatic heterocycles. The third kappa shape index (κ3) is 4.72. The fraction of sp³-hybridized carbons (Fsp3) is 0.250. The molecule has 0 fully saturated rings. The number of rotatable bonds is 8. The standard InChI is InChI=1S/C24H24N2O4S/c1-4-28-20-8-5-9-21-22(20)25-24(31-21)26(15-19-7-6-14-29-19)23(27)17-10-12-18(13-11-17)30-16(2)3/h5-14,16H,4,15H2,1-3H3. The minimum Gasteiger partial charge on any atom is -0.492 e. The molecule has 0 saturated heterocycles. The first-order valence-electron chi connectivity index (χ1n) is 10.2. The van der Waals surface area contributed by atoms with Gasteiger partial charge >= 0.3 is 0 Å². The van der Waals surface area contributed by atoms with E-state index in [4.69, 9.17) is 18.9 Å². The summed E-state index contributed by atoms with van der Waals surface area (Å²) in [6, 6.07) is 16.6. The molecule has 0 radical (unpaired) electrons. The van der Waals surface area contributed by atoms with Crippen molar-refractivity contribution >= 4 is 32.6 Å². The lowest BCUT2D eigenvalue weighted by Gasteiger charge is -2.19. The zero-order valence-corrected chi connectivity index (χ0v) is 18.5. The normalized spacial score (nSPS) is 11.1. The highest BCUT2D eigenvalue weighted by Gasteiger charge is 2.23. The number of fused-ring (bicyclic) bond motifs is 1. The highest BCUT2D eigenvalue weighted by molar-refractivity contribution is 7.22. The summed E-state index contributed by atoms with van der Waals surface area (Å²) in [7, 11) is 0. The second-order valence-electron chi connectivity index (χ2n) is 7.19. The number of thiazole rings is 1. The van der Waals surface area contributed by atoms with Crippen molar-refractivity contribution in [3.63, 3.8) is 0 Å². The monoisotopic (exact) mass is 436 g/mol. The highest BCUT2D eigenvalue weighted by atomic mass is 32.1. The van der Waals surface area contributed by atoms with Gasteiger partial charge in [0.05, 0.1) is 30.2 Å². The summed E-state index contributed by atoms with van der Waals surface area (Å²) in [5.41, 5.74) is 1.30. The Morgan fingerprint density at radius 1 is 1.13 bits per heavy atom. The number of carbonyl (C=O) groups excluding carboxylic acids is 1. The van der Waals surface area contributed by atoms with Gasteiger partial charge in [-0.2, -0.15) is 0 Å². The van der Waals surface area contributed by atoms with Gasteiger partial charge in [0.25, 0.3) is 5.91 Å². The third-order valence-electron chi connectivity index (χ3n) is 4.51. The van der Waals surface area contributed by atoms with Crippen LogP contribution >= 0.6 is 11.3 Å². The maximum Gasteiger partial charge on any atom is 0.260 e. The van der Waals surface area contributed by atoms with Crippen molar-refractivity contribution in [2.45, 2.75) is 33.4 Å². The molecule has 0 atom stereocenters. The van der Waals surface area contributed by atoms with E-state index < -0.39 is 0 Å². The number of ether oxygens (including phenoxy) is 2. The molecule has 0 N–H and O–H groups in total. The predicted molar refractivity (Wildman–Crippen MR) is 122 cm³/mol. The van der Waals surface area contributed by atoms with Gasteiger partial charge < -0.3 is 13.9 Å². The number of benzene rings is 2. The van der Waals surface area contributed by atoms with Crippen molar-refractivity contribution in [3.8, 4) is 11.5 Å². The van der Waals surface area contributed by atoms with Crippen LogP contribution in [0.1, 0.15) is 36.9 Å². The molecule has 0 aliphatic rings.